The number of carbonyl (C=O) groups excluding carboxylic acids is 1. The van der Waals surface area contributed by atoms with E-state index < -0.39 is 6.10 Å². The van der Waals surface area contributed by atoms with E-state index in [2.05, 4.69) is 10.1 Å². The number of nitrogens with zero attached hydrogens (tertiary/aromatic N) is 5. The first kappa shape index (κ1) is 19.8. The number of fused-ring (bicyclic) bond motifs is 1. The van der Waals surface area contributed by atoms with Gasteiger partial charge in [-0.25, -0.2) is 0 Å². The molecule has 1 saturated heterocycles. The number of amides is 1. The van der Waals surface area contributed by atoms with Crippen molar-refractivity contribution in [3.8, 4) is 11.3 Å². The minimum absolute atomic E-state index is 0.0802. The summed E-state index contributed by atoms with van der Waals surface area (Å²) >= 11 is 0. The van der Waals surface area contributed by atoms with Crippen LogP contribution < -0.4 is 0 Å². The number of carbonyl (C=O) groups is 1. The van der Waals surface area contributed by atoms with Crippen molar-refractivity contribution in [2.45, 2.75) is 38.5 Å². The van der Waals surface area contributed by atoms with Gasteiger partial charge < -0.3 is 14.7 Å². The summed E-state index contributed by atoms with van der Waals surface area (Å²) in [5, 5.41) is 14.5. The molecule has 2 unspecified atom stereocenters. The van der Waals surface area contributed by atoms with E-state index in [1.807, 2.05) is 44.6 Å². The molecule has 0 radical (unpaired) electrons. The molecule has 160 valence electrons. The number of pyridine rings is 2. The Labute approximate surface area is 180 Å². The van der Waals surface area contributed by atoms with Crippen molar-refractivity contribution in [3.63, 3.8) is 0 Å². The third kappa shape index (κ3) is 3.73. The molecule has 1 amide bonds. The lowest BCUT2D eigenvalue weighted by atomic mass is 10.0. The number of aliphatic hydroxyl groups excluding tert-OH is 1. The second kappa shape index (κ2) is 7.86. The fraction of sp³-hybridized carbons (Fsp3) is 0.391. The van der Waals surface area contributed by atoms with Gasteiger partial charge in [0.05, 0.1) is 48.4 Å². The average Bonchev–Trinajstić information content (AvgIpc) is 3.33. The Bertz CT molecular complexity index is 1120. The van der Waals surface area contributed by atoms with Crippen LogP contribution in [0.1, 0.15) is 39.3 Å². The molecule has 5 rings (SSSR count). The molecule has 0 aromatic carbocycles. The van der Waals surface area contributed by atoms with Crippen molar-refractivity contribution >= 4 is 5.91 Å². The highest BCUT2D eigenvalue weighted by molar-refractivity contribution is 5.98. The van der Waals surface area contributed by atoms with Crippen LogP contribution >= 0.6 is 0 Å². The van der Waals surface area contributed by atoms with Crippen LogP contribution in [-0.4, -0.2) is 61.0 Å². The highest BCUT2D eigenvalue weighted by Gasteiger charge is 2.38. The maximum atomic E-state index is 13.1. The highest BCUT2D eigenvalue weighted by Crippen LogP contribution is 2.29. The summed E-state index contributed by atoms with van der Waals surface area (Å²) in [7, 11) is 1.88. The third-order valence-electron chi connectivity index (χ3n) is 6.12. The van der Waals surface area contributed by atoms with Gasteiger partial charge in [-0.1, -0.05) is 6.07 Å². The van der Waals surface area contributed by atoms with E-state index in [4.69, 9.17) is 9.72 Å². The third-order valence-corrected chi connectivity index (χ3v) is 6.12. The smallest absolute Gasteiger partial charge is 0.256 e. The number of aromatic nitrogens is 4. The lowest BCUT2D eigenvalue weighted by molar-refractivity contribution is -0.0529. The number of rotatable bonds is 4. The molecule has 2 atom stereocenters. The van der Waals surface area contributed by atoms with Crippen molar-refractivity contribution in [1.82, 2.24) is 24.6 Å². The van der Waals surface area contributed by atoms with Gasteiger partial charge in [0, 0.05) is 43.7 Å². The summed E-state index contributed by atoms with van der Waals surface area (Å²) in [5.41, 5.74) is 6.21. The molecular weight excluding hydrogens is 394 g/mol. The van der Waals surface area contributed by atoms with E-state index in [1.165, 1.54) is 0 Å². The largest absolute Gasteiger partial charge is 0.391 e. The minimum Gasteiger partial charge on any atom is -0.391 e. The SMILES string of the molecule is Cc1nc2c(cc1Cc1ccc(-c3cnn(C)c3)nc1)C(=O)N(C1COCCC1O)C2. The fourth-order valence-electron chi connectivity index (χ4n) is 4.32. The van der Waals surface area contributed by atoms with Gasteiger partial charge in [-0.15, -0.1) is 0 Å². The van der Waals surface area contributed by atoms with Crippen molar-refractivity contribution in [1.29, 1.82) is 0 Å². The van der Waals surface area contributed by atoms with Crippen LogP contribution in [-0.2, 0) is 24.8 Å². The number of aliphatic hydroxyl groups is 1. The Morgan fingerprint density at radius 3 is 2.87 bits per heavy atom. The summed E-state index contributed by atoms with van der Waals surface area (Å²) in [6, 6.07) is 5.67. The highest BCUT2D eigenvalue weighted by atomic mass is 16.5. The number of hydrogen-bond acceptors (Lipinski definition) is 6. The molecule has 31 heavy (non-hydrogen) atoms. The van der Waals surface area contributed by atoms with Gasteiger partial charge in [0.15, 0.2) is 0 Å². The van der Waals surface area contributed by atoms with Crippen molar-refractivity contribution in [2.75, 3.05) is 13.2 Å². The van der Waals surface area contributed by atoms with E-state index in [0.717, 1.165) is 33.8 Å². The molecule has 5 heterocycles. The van der Waals surface area contributed by atoms with Gasteiger partial charge in [0.1, 0.15) is 0 Å². The van der Waals surface area contributed by atoms with Crippen molar-refractivity contribution in [2.24, 2.45) is 7.05 Å². The van der Waals surface area contributed by atoms with Crippen LogP contribution in [0.4, 0.5) is 0 Å². The van der Waals surface area contributed by atoms with Crippen molar-refractivity contribution in [3.05, 3.63) is 64.9 Å². The minimum atomic E-state index is -0.558. The van der Waals surface area contributed by atoms with Gasteiger partial charge >= 0.3 is 0 Å². The molecular formula is C23H25N5O3. The van der Waals surface area contributed by atoms with Gasteiger partial charge in [-0.2, -0.15) is 5.10 Å². The monoisotopic (exact) mass is 419 g/mol. The maximum Gasteiger partial charge on any atom is 0.256 e. The number of hydrogen-bond donors (Lipinski definition) is 1. The molecule has 0 aliphatic carbocycles. The molecule has 0 saturated carbocycles. The average molecular weight is 419 g/mol. The summed E-state index contributed by atoms with van der Waals surface area (Å²) in [5.74, 6) is -0.0802. The first-order valence-electron chi connectivity index (χ1n) is 10.5. The quantitative estimate of drug-likeness (QED) is 0.694. The summed E-state index contributed by atoms with van der Waals surface area (Å²) in [6.45, 7) is 3.28. The number of ether oxygens (including phenoxy) is 1. The predicted octanol–water partition coefficient (Wildman–Crippen LogP) is 1.88. The van der Waals surface area contributed by atoms with Crippen molar-refractivity contribution < 1.29 is 14.6 Å². The maximum absolute atomic E-state index is 13.1. The Hall–Kier alpha value is -3.10. The molecule has 8 nitrogen and oxygen atoms in total. The summed E-state index contributed by atoms with van der Waals surface area (Å²) in [6.07, 6.45) is 6.22. The van der Waals surface area contributed by atoms with Crippen LogP contribution in [0.2, 0.25) is 0 Å². The van der Waals surface area contributed by atoms with Crippen LogP contribution in [0.25, 0.3) is 11.3 Å². The molecule has 3 aromatic rings. The van der Waals surface area contributed by atoms with E-state index in [9.17, 15) is 9.90 Å². The molecule has 1 fully saturated rings. The van der Waals surface area contributed by atoms with E-state index in [1.54, 1.807) is 15.8 Å². The van der Waals surface area contributed by atoms with E-state index in [0.29, 0.717) is 38.2 Å². The molecule has 0 bridgehead atoms. The molecule has 2 aliphatic rings. The number of aryl methyl sites for hydroxylation is 2. The predicted molar refractivity (Wildman–Crippen MR) is 113 cm³/mol. The second-order valence-electron chi connectivity index (χ2n) is 8.29. The Balaban J connectivity index is 1.36. The van der Waals surface area contributed by atoms with Crippen LogP contribution in [0.3, 0.4) is 0 Å². The second-order valence-corrected chi connectivity index (χ2v) is 8.29. The van der Waals surface area contributed by atoms with Crippen LogP contribution in [0.15, 0.2) is 36.8 Å². The van der Waals surface area contributed by atoms with Gasteiger partial charge in [-0.05, 0) is 36.6 Å². The molecule has 1 N–H and O–H groups in total. The summed E-state index contributed by atoms with van der Waals surface area (Å²) in [4.78, 5) is 24.1. The zero-order chi connectivity index (χ0) is 21.5. The first-order valence-corrected chi connectivity index (χ1v) is 10.5. The Kier molecular flexibility index (Phi) is 5.03. The fourth-order valence-corrected chi connectivity index (χ4v) is 4.32. The molecule has 8 heteroatoms. The Morgan fingerprint density at radius 2 is 2.16 bits per heavy atom. The van der Waals surface area contributed by atoms with Crippen LogP contribution in [0, 0.1) is 6.92 Å². The van der Waals surface area contributed by atoms with E-state index in [-0.39, 0.29) is 11.9 Å². The van der Waals surface area contributed by atoms with Gasteiger partial charge in [0.25, 0.3) is 5.91 Å². The molecule has 0 spiro atoms. The molecule has 3 aromatic heterocycles. The molecule has 2 aliphatic heterocycles. The standard InChI is InChI=1S/C23H25N5O3/c1-14-16(7-15-3-4-19(24-9-15)17-10-25-27(2)11-17)8-18-20(26-14)12-28(23(18)30)21-13-31-6-5-22(21)29/h3-4,8-11,21-22,29H,5-7,12-13H2,1-2H3. The zero-order valence-corrected chi connectivity index (χ0v) is 17.7. The normalized spacial score (nSPS) is 20.9. The Morgan fingerprint density at radius 1 is 1.29 bits per heavy atom. The summed E-state index contributed by atoms with van der Waals surface area (Å²) < 4.78 is 7.25. The first-order chi connectivity index (χ1) is 15.0. The van der Waals surface area contributed by atoms with Crippen LogP contribution in [0.5, 0.6) is 0 Å². The lowest BCUT2D eigenvalue weighted by Gasteiger charge is -2.34. The topological polar surface area (TPSA) is 93.4 Å². The van der Waals surface area contributed by atoms with E-state index >= 15 is 0 Å². The zero-order valence-electron chi connectivity index (χ0n) is 17.7. The lowest BCUT2D eigenvalue weighted by Crippen LogP contribution is -2.49. The van der Waals surface area contributed by atoms with Gasteiger partial charge in [-0.3, -0.25) is 19.4 Å². The van der Waals surface area contributed by atoms with Gasteiger partial charge in [0.2, 0.25) is 0 Å².